The minimum Gasteiger partial charge on any atom is -0.487 e. The van der Waals surface area contributed by atoms with E-state index in [0.717, 1.165) is 11.1 Å². The molecule has 1 aromatic heterocycles. The highest BCUT2D eigenvalue weighted by Crippen LogP contribution is 2.27. The molecule has 1 N–H and O–H groups in total. The molecule has 1 heterocycles. The lowest BCUT2D eigenvalue weighted by atomic mass is 10.1. The topological polar surface area (TPSA) is 75.0 Å². The maximum absolute atomic E-state index is 12.2. The number of amides is 1. The van der Waals surface area contributed by atoms with Crippen LogP contribution in [0.5, 0.6) is 5.75 Å². The predicted molar refractivity (Wildman–Crippen MR) is 111 cm³/mol. The molecule has 0 atom stereocenters. The number of benzene rings is 2. The Labute approximate surface area is 171 Å². The quantitative estimate of drug-likeness (QED) is 0.446. The van der Waals surface area contributed by atoms with Crippen molar-refractivity contribution in [1.29, 1.82) is 5.26 Å². The highest BCUT2D eigenvalue weighted by Gasteiger charge is 2.11. The second-order valence-corrected chi connectivity index (χ2v) is 7.23. The summed E-state index contributed by atoms with van der Waals surface area (Å²) in [6, 6.07) is 15.0. The second-order valence-electron chi connectivity index (χ2n) is 5.93. The normalized spacial score (nSPS) is 11.0. The first-order valence-electron chi connectivity index (χ1n) is 8.35. The zero-order valence-corrected chi connectivity index (χ0v) is 16.6. The molecule has 0 fully saturated rings. The van der Waals surface area contributed by atoms with Crippen molar-refractivity contribution >= 4 is 40.1 Å². The van der Waals surface area contributed by atoms with Crippen LogP contribution in [0.15, 0.2) is 59.6 Å². The van der Waals surface area contributed by atoms with Crippen LogP contribution in [0.2, 0.25) is 5.02 Å². The second kappa shape index (κ2) is 9.18. The molecular formula is C21H16ClN3O2S. The van der Waals surface area contributed by atoms with Gasteiger partial charge in [0.25, 0.3) is 5.91 Å². The van der Waals surface area contributed by atoms with Gasteiger partial charge in [-0.1, -0.05) is 47.5 Å². The average molecular weight is 410 g/mol. The Bertz CT molecular complexity index is 1060. The molecule has 28 heavy (non-hydrogen) atoms. The van der Waals surface area contributed by atoms with Gasteiger partial charge < -0.3 is 4.74 Å². The van der Waals surface area contributed by atoms with Crippen molar-refractivity contribution in [2.45, 2.75) is 13.5 Å². The number of aryl methyl sites for hydroxylation is 1. The van der Waals surface area contributed by atoms with E-state index in [4.69, 9.17) is 16.3 Å². The van der Waals surface area contributed by atoms with E-state index in [0.29, 0.717) is 28.1 Å². The lowest BCUT2D eigenvalue weighted by Crippen LogP contribution is -2.13. The third kappa shape index (κ3) is 5.19. The number of halogens is 1. The highest BCUT2D eigenvalue weighted by atomic mass is 35.5. The van der Waals surface area contributed by atoms with Crippen LogP contribution in [0, 0.1) is 18.3 Å². The number of hydrogen-bond acceptors (Lipinski definition) is 5. The fourth-order valence-corrected chi connectivity index (χ4v) is 3.22. The van der Waals surface area contributed by atoms with Crippen LogP contribution in [0.1, 0.15) is 16.7 Å². The minimum absolute atomic E-state index is 0.0419. The molecule has 0 bridgehead atoms. The number of carbonyl (C=O) groups excluding carboxylic acids is 1. The number of hydrogen-bond donors (Lipinski definition) is 1. The van der Waals surface area contributed by atoms with Crippen LogP contribution in [-0.4, -0.2) is 10.9 Å². The SMILES string of the molecule is Cc1cccc(COc2ccc(/C=C(/C#N)C(=O)Nc3nccs3)cc2Cl)c1. The van der Waals surface area contributed by atoms with E-state index in [1.54, 1.807) is 29.8 Å². The van der Waals surface area contributed by atoms with E-state index in [1.807, 2.05) is 37.3 Å². The standard InChI is InChI=1S/C21H16ClN3O2S/c1-14-3-2-4-16(9-14)13-27-19-6-5-15(11-18(19)22)10-17(12-23)20(26)25-21-24-7-8-28-21/h2-11H,13H2,1H3,(H,24,25,26)/b17-10-. The van der Waals surface area contributed by atoms with Crippen molar-refractivity contribution in [2.75, 3.05) is 5.32 Å². The third-order valence-corrected chi connectivity index (χ3v) is 4.75. The van der Waals surface area contributed by atoms with Gasteiger partial charge in [-0.15, -0.1) is 11.3 Å². The molecule has 0 spiro atoms. The molecule has 0 unspecified atom stereocenters. The van der Waals surface area contributed by atoms with Crippen molar-refractivity contribution in [1.82, 2.24) is 4.98 Å². The van der Waals surface area contributed by atoms with Crippen LogP contribution in [0.3, 0.4) is 0 Å². The molecule has 0 aliphatic heterocycles. The van der Waals surface area contributed by atoms with E-state index < -0.39 is 5.91 Å². The van der Waals surface area contributed by atoms with Gasteiger partial charge in [-0.25, -0.2) is 4.98 Å². The zero-order valence-electron chi connectivity index (χ0n) is 15.0. The van der Waals surface area contributed by atoms with Gasteiger partial charge in [0.15, 0.2) is 5.13 Å². The van der Waals surface area contributed by atoms with Crippen LogP contribution in [0.4, 0.5) is 5.13 Å². The summed E-state index contributed by atoms with van der Waals surface area (Å²) in [7, 11) is 0. The Balaban J connectivity index is 1.70. The van der Waals surface area contributed by atoms with Crippen molar-refractivity contribution in [3.05, 3.63) is 81.3 Å². The van der Waals surface area contributed by atoms with Crippen molar-refractivity contribution in [3.8, 4) is 11.8 Å². The van der Waals surface area contributed by atoms with E-state index in [1.165, 1.54) is 17.4 Å². The van der Waals surface area contributed by atoms with E-state index in [2.05, 4.69) is 10.3 Å². The molecule has 3 aromatic rings. The zero-order chi connectivity index (χ0) is 19.9. The largest absolute Gasteiger partial charge is 0.487 e. The van der Waals surface area contributed by atoms with Crippen LogP contribution < -0.4 is 10.1 Å². The molecule has 7 heteroatoms. The first-order valence-corrected chi connectivity index (χ1v) is 9.61. The molecule has 0 aliphatic rings. The number of ether oxygens (including phenoxy) is 1. The number of rotatable bonds is 6. The van der Waals surface area contributed by atoms with E-state index in [9.17, 15) is 10.1 Å². The van der Waals surface area contributed by atoms with Crippen molar-refractivity contribution < 1.29 is 9.53 Å². The van der Waals surface area contributed by atoms with Gasteiger partial charge in [-0.3, -0.25) is 10.1 Å². The number of nitrogens with one attached hydrogen (secondary N) is 1. The molecule has 140 valence electrons. The van der Waals surface area contributed by atoms with Gasteiger partial charge in [0.2, 0.25) is 0 Å². The first kappa shape index (κ1) is 19.6. The Hall–Kier alpha value is -3.14. The summed E-state index contributed by atoms with van der Waals surface area (Å²) in [6.45, 7) is 2.42. The fraction of sp³-hybridized carbons (Fsp3) is 0.0952. The first-order chi connectivity index (χ1) is 13.5. The van der Waals surface area contributed by atoms with E-state index in [-0.39, 0.29) is 5.57 Å². The van der Waals surface area contributed by atoms with Gasteiger partial charge in [-0.2, -0.15) is 5.26 Å². The molecule has 0 aliphatic carbocycles. The lowest BCUT2D eigenvalue weighted by Gasteiger charge is -2.09. The number of nitriles is 1. The van der Waals surface area contributed by atoms with Gasteiger partial charge in [0, 0.05) is 11.6 Å². The molecular weight excluding hydrogens is 394 g/mol. The predicted octanol–water partition coefficient (Wildman–Crippen LogP) is 5.23. The monoisotopic (exact) mass is 409 g/mol. The Kier molecular flexibility index (Phi) is 6.43. The molecule has 3 rings (SSSR count). The average Bonchev–Trinajstić information content (AvgIpc) is 3.18. The van der Waals surface area contributed by atoms with Crippen molar-refractivity contribution in [3.63, 3.8) is 0 Å². The summed E-state index contributed by atoms with van der Waals surface area (Å²) >= 11 is 7.58. The number of anilines is 1. The molecule has 2 aromatic carbocycles. The summed E-state index contributed by atoms with van der Waals surface area (Å²) < 4.78 is 5.78. The number of carbonyl (C=O) groups is 1. The summed E-state index contributed by atoms with van der Waals surface area (Å²) in [4.78, 5) is 16.2. The van der Waals surface area contributed by atoms with Crippen LogP contribution in [0.25, 0.3) is 6.08 Å². The van der Waals surface area contributed by atoms with Crippen LogP contribution >= 0.6 is 22.9 Å². The van der Waals surface area contributed by atoms with Gasteiger partial charge in [0.1, 0.15) is 24.0 Å². The number of thiazole rings is 1. The smallest absolute Gasteiger partial charge is 0.268 e. The van der Waals surface area contributed by atoms with Gasteiger partial charge in [0.05, 0.1) is 5.02 Å². The van der Waals surface area contributed by atoms with Gasteiger partial charge >= 0.3 is 0 Å². The maximum Gasteiger partial charge on any atom is 0.268 e. The van der Waals surface area contributed by atoms with Crippen molar-refractivity contribution in [2.24, 2.45) is 0 Å². The van der Waals surface area contributed by atoms with Gasteiger partial charge in [-0.05, 0) is 36.3 Å². The third-order valence-electron chi connectivity index (χ3n) is 3.76. The molecule has 5 nitrogen and oxygen atoms in total. The number of aromatic nitrogens is 1. The molecule has 0 saturated heterocycles. The summed E-state index contributed by atoms with van der Waals surface area (Å²) in [6.07, 6.45) is 3.05. The van der Waals surface area contributed by atoms with Crippen LogP contribution in [-0.2, 0) is 11.4 Å². The summed E-state index contributed by atoms with van der Waals surface area (Å²) in [5.74, 6) is 0.0133. The maximum atomic E-state index is 12.2. The minimum atomic E-state index is -0.520. The lowest BCUT2D eigenvalue weighted by molar-refractivity contribution is -0.112. The highest BCUT2D eigenvalue weighted by molar-refractivity contribution is 7.13. The molecule has 1 amide bonds. The fourth-order valence-electron chi connectivity index (χ4n) is 2.45. The van der Waals surface area contributed by atoms with E-state index >= 15 is 0 Å². The molecule has 0 saturated carbocycles. The summed E-state index contributed by atoms with van der Waals surface area (Å²) in [5.41, 5.74) is 2.79. The Morgan fingerprint density at radius 2 is 2.21 bits per heavy atom. The Morgan fingerprint density at radius 1 is 1.36 bits per heavy atom. The summed E-state index contributed by atoms with van der Waals surface area (Å²) in [5, 5.41) is 14.4. The number of nitrogens with zero attached hydrogens (tertiary/aromatic N) is 2. The molecule has 0 radical (unpaired) electrons. The Morgan fingerprint density at radius 3 is 2.89 bits per heavy atom.